The Bertz CT molecular complexity index is 1290. The van der Waals surface area contributed by atoms with Gasteiger partial charge in [-0.2, -0.15) is 0 Å². The number of oxazole rings is 1. The van der Waals surface area contributed by atoms with Crippen molar-refractivity contribution in [1.82, 2.24) is 10.3 Å². The van der Waals surface area contributed by atoms with E-state index in [1.54, 1.807) is 24.3 Å². The molecule has 2 aromatic carbocycles. The molecule has 0 radical (unpaired) electrons. The number of oxime groups is 1. The maximum atomic E-state index is 12.6. The number of Topliss-reactive ketones (excluding diaryl/α,β-unsaturated/α-hetero) is 1. The normalized spacial score (nSPS) is 15.6. The van der Waals surface area contributed by atoms with Crippen LogP contribution in [0.5, 0.6) is 0 Å². The smallest absolute Gasteiger partial charge is 0.328 e. The van der Waals surface area contributed by atoms with Crippen LogP contribution in [0, 0.1) is 0 Å². The zero-order valence-corrected chi connectivity index (χ0v) is 20.2. The molecule has 0 spiro atoms. The van der Waals surface area contributed by atoms with Crippen molar-refractivity contribution in [3.63, 3.8) is 0 Å². The van der Waals surface area contributed by atoms with Crippen molar-refractivity contribution in [2.75, 3.05) is 7.11 Å². The molecule has 0 saturated carbocycles. The summed E-state index contributed by atoms with van der Waals surface area (Å²) in [6.07, 6.45) is 0.395. The highest BCUT2D eigenvalue weighted by Crippen LogP contribution is 2.22. The quantitative estimate of drug-likeness (QED) is 0.426. The van der Waals surface area contributed by atoms with Gasteiger partial charge in [0.25, 0.3) is 5.89 Å². The van der Waals surface area contributed by atoms with Gasteiger partial charge in [0.15, 0.2) is 5.58 Å². The molecule has 2 atom stereocenters. The number of aromatic nitrogens is 1. The second kappa shape index (κ2) is 11.0. The fraction of sp³-hybridized carbons (Fsp3) is 0.296. The number of para-hydroxylation sites is 2. The third-order valence-corrected chi connectivity index (χ3v) is 5.89. The van der Waals surface area contributed by atoms with Gasteiger partial charge >= 0.3 is 11.9 Å². The van der Waals surface area contributed by atoms with Crippen molar-refractivity contribution in [3.8, 4) is 0 Å². The van der Waals surface area contributed by atoms with E-state index in [1.807, 2.05) is 31.2 Å². The average molecular weight is 490 g/mol. The van der Waals surface area contributed by atoms with Crippen LogP contribution < -0.4 is 5.32 Å². The first-order chi connectivity index (χ1) is 17.3. The lowest BCUT2D eigenvalue weighted by Crippen LogP contribution is -2.42. The molecule has 1 aromatic heterocycles. The summed E-state index contributed by atoms with van der Waals surface area (Å²) in [4.78, 5) is 47.0. The number of fused-ring (bicyclic) bond motifs is 1. The van der Waals surface area contributed by atoms with Crippen LogP contribution in [-0.2, 0) is 19.2 Å². The minimum atomic E-state index is -1.02. The number of carbonyl (C=O) groups is 3. The third kappa shape index (κ3) is 5.86. The van der Waals surface area contributed by atoms with Gasteiger partial charge in [-0.3, -0.25) is 9.59 Å². The van der Waals surface area contributed by atoms with Crippen LogP contribution in [0.4, 0.5) is 0 Å². The summed E-state index contributed by atoms with van der Waals surface area (Å²) in [6, 6.07) is 13.8. The van der Waals surface area contributed by atoms with E-state index >= 15 is 0 Å². The Morgan fingerprint density at radius 1 is 1.17 bits per heavy atom. The van der Waals surface area contributed by atoms with Gasteiger partial charge in [0.2, 0.25) is 0 Å². The van der Waals surface area contributed by atoms with Gasteiger partial charge in [-0.1, -0.05) is 53.7 Å². The number of ether oxygens (including phenoxy) is 1. The van der Waals surface area contributed by atoms with Crippen molar-refractivity contribution in [1.29, 1.82) is 0 Å². The Kier molecular flexibility index (Phi) is 7.58. The predicted molar refractivity (Wildman–Crippen MR) is 133 cm³/mol. The molecule has 1 N–H and O–H groups in total. The molecule has 1 aliphatic rings. The third-order valence-electron chi connectivity index (χ3n) is 5.89. The predicted octanol–water partition coefficient (Wildman–Crippen LogP) is 4.06. The number of hydrogen-bond donors (Lipinski definition) is 1. The maximum absolute atomic E-state index is 12.6. The van der Waals surface area contributed by atoms with Gasteiger partial charge in [0.1, 0.15) is 23.4 Å². The zero-order valence-electron chi connectivity index (χ0n) is 20.2. The Balaban J connectivity index is 1.29. The summed E-state index contributed by atoms with van der Waals surface area (Å²) >= 11 is 0. The molecule has 1 unspecified atom stereocenters. The number of carbonyl (C=O) groups excluding carboxylic acids is 3. The van der Waals surface area contributed by atoms with Crippen molar-refractivity contribution < 1.29 is 28.4 Å². The van der Waals surface area contributed by atoms with Gasteiger partial charge in [0.05, 0.1) is 12.8 Å². The molecule has 9 nitrogen and oxygen atoms in total. The summed E-state index contributed by atoms with van der Waals surface area (Å²) in [6.45, 7) is 5.87. The zero-order chi connectivity index (χ0) is 25.7. The van der Waals surface area contributed by atoms with E-state index in [0.29, 0.717) is 17.5 Å². The lowest BCUT2D eigenvalue weighted by molar-refractivity contribution is -0.143. The van der Waals surface area contributed by atoms with E-state index in [1.165, 1.54) is 7.11 Å². The minimum Gasteiger partial charge on any atom is -0.467 e. The summed E-state index contributed by atoms with van der Waals surface area (Å²) in [7, 11) is 1.22. The number of hydrogen-bond acceptors (Lipinski definition) is 8. The first kappa shape index (κ1) is 24.8. The molecule has 0 saturated heterocycles. The summed E-state index contributed by atoms with van der Waals surface area (Å²) in [5.74, 6) is -1.60. The first-order valence-corrected chi connectivity index (χ1v) is 11.6. The van der Waals surface area contributed by atoms with E-state index in [0.717, 1.165) is 22.4 Å². The number of allylic oxidation sites excluding steroid dienone is 1. The standard InChI is InChI=1S/C27H27N3O6/c1-16(2)17-8-10-18(11-9-17)23-15-20(36-30-23)14-19(31)12-13-22(27(33)34-3)28-25(32)26-29-21-6-4-5-7-24(21)35-26/h4-11,20,22H,1,12-15H2,2-3H3,(H,28,32)/t20?,22-/m0/s1. The van der Waals surface area contributed by atoms with Crippen molar-refractivity contribution in [2.24, 2.45) is 5.16 Å². The van der Waals surface area contributed by atoms with Gasteiger partial charge in [-0.15, -0.1) is 0 Å². The van der Waals surface area contributed by atoms with Gasteiger partial charge in [-0.05, 0) is 36.6 Å². The van der Waals surface area contributed by atoms with Crippen LogP contribution in [0.25, 0.3) is 16.7 Å². The number of esters is 1. The van der Waals surface area contributed by atoms with Crippen molar-refractivity contribution in [3.05, 3.63) is 72.1 Å². The molecule has 3 aromatic rings. The van der Waals surface area contributed by atoms with Gasteiger partial charge in [-0.25, -0.2) is 9.78 Å². The SMILES string of the molecule is C=C(C)c1ccc(C2=NOC(CC(=O)CC[C@H](NC(=O)c3nc4ccccc4o3)C(=O)OC)C2)cc1. The Labute approximate surface area is 208 Å². The van der Waals surface area contributed by atoms with Crippen molar-refractivity contribution >= 4 is 40.0 Å². The van der Waals surface area contributed by atoms with Crippen LogP contribution in [0.15, 0.2) is 64.7 Å². The molecule has 9 heteroatoms. The minimum absolute atomic E-state index is 0.0517. The highest BCUT2D eigenvalue weighted by atomic mass is 16.6. The first-order valence-electron chi connectivity index (χ1n) is 11.6. The van der Waals surface area contributed by atoms with Crippen LogP contribution in [0.1, 0.15) is 54.4 Å². The number of benzene rings is 2. The molecular formula is C27H27N3O6. The van der Waals surface area contributed by atoms with Crippen LogP contribution in [0.3, 0.4) is 0 Å². The van der Waals surface area contributed by atoms with E-state index in [2.05, 4.69) is 22.0 Å². The largest absolute Gasteiger partial charge is 0.467 e. The second-order valence-electron chi connectivity index (χ2n) is 8.64. The number of rotatable bonds is 10. The van der Waals surface area contributed by atoms with Crippen LogP contribution >= 0.6 is 0 Å². The molecule has 4 rings (SSSR count). The molecule has 0 bridgehead atoms. The van der Waals surface area contributed by atoms with Crippen molar-refractivity contribution in [2.45, 2.75) is 44.8 Å². The summed E-state index contributed by atoms with van der Waals surface area (Å²) in [5.41, 5.74) is 4.72. The fourth-order valence-corrected chi connectivity index (χ4v) is 3.90. The van der Waals surface area contributed by atoms with Gasteiger partial charge in [0, 0.05) is 19.3 Å². The molecule has 0 aliphatic carbocycles. The maximum Gasteiger partial charge on any atom is 0.328 e. The average Bonchev–Trinajstić information content (AvgIpc) is 3.53. The Morgan fingerprint density at radius 2 is 1.92 bits per heavy atom. The molecule has 2 heterocycles. The topological polar surface area (TPSA) is 120 Å². The fourth-order valence-electron chi connectivity index (χ4n) is 3.90. The second-order valence-corrected chi connectivity index (χ2v) is 8.64. The number of ketones is 1. The molecule has 1 aliphatic heterocycles. The monoisotopic (exact) mass is 489 g/mol. The van der Waals surface area contributed by atoms with Crippen LogP contribution in [-0.4, -0.2) is 47.6 Å². The van der Waals surface area contributed by atoms with E-state index in [4.69, 9.17) is 14.0 Å². The van der Waals surface area contributed by atoms with E-state index in [9.17, 15) is 14.4 Å². The highest BCUT2D eigenvalue weighted by Gasteiger charge is 2.28. The molecule has 36 heavy (non-hydrogen) atoms. The summed E-state index contributed by atoms with van der Waals surface area (Å²) in [5, 5.41) is 6.69. The summed E-state index contributed by atoms with van der Waals surface area (Å²) < 4.78 is 10.2. The molecule has 186 valence electrons. The highest BCUT2D eigenvalue weighted by molar-refractivity contribution is 6.01. The van der Waals surface area contributed by atoms with Crippen LogP contribution in [0.2, 0.25) is 0 Å². The molecule has 1 amide bonds. The molecular weight excluding hydrogens is 462 g/mol. The Hall–Kier alpha value is -4.27. The number of amides is 1. The number of methoxy groups -OCH3 is 1. The van der Waals surface area contributed by atoms with Gasteiger partial charge < -0.3 is 19.3 Å². The number of nitrogens with one attached hydrogen (secondary N) is 1. The lowest BCUT2D eigenvalue weighted by atomic mass is 9.98. The van der Waals surface area contributed by atoms with E-state index < -0.39 is 17.9 Å². The Morgan fingerprint density at radius 3 is 2.61 bits per heavy atom. The lowest BCUT2D eigenvalue weighted by Gasteiger charge is -2.15. The molecule has 0 fully saturated rings. The van der Waals surface area contributed by atoms with E-state index in [-0.39, 0.29) is 37.0 Å². The number of nitrogens with zero attached hydrogens (tertiary/aromatic N) is 2.